The lowest BCUT2D eigenvalue weighted by molar-refractivity contribution is 0.306. The summed E-state index contributed by atoms with van der Waals surface area (Å²) in [7, 11) is 0. The number of nitrogens with two attached hydrogens (primary N) is 1. The minimum absolute atomic E-state index is 0.364. The molecule has 1 saturated heterocycles. The lowest BCUT2D eigenvalue weighted by Gasteiger charge is -2.32. The number of anilines is 1. The number of rotatable bonds is 4. The van der Waals surface area contributed by atoms with Crippen molar-refractivity contribution < 1.29 is 4.74 Å². The first-order valence-corrected chi connectivity index (χ1v) is 7.43. The average Bonchev–Trinajstić information content (AvgIpc) is 2.55. The molecule has 4 nitrogen and oxygen atoms in total. The van der Waals surface area contributed by atoms with Gasteiger partial charge >= 0.3 is 0 Å². The summed E-state index contributed by atoms with van der Waals surface area (Å²) in [5.41, 5.74) is 8.26. The molecule has 2 aromatic rings. The highest BCUT2D eigenvalue weighted by Crippen LogP contribution is 2.23. The van der Waals surface area contributed by atoms with E-state index < -0.39 is 0 Å². The Morgan fingerprint density at radius 1 is 1.14 bits per heavy atom. The molecule has 1 aliphatic heterocycles. The van der Waals surface area contributed by atoms with Crippen LogP contribution in [0.4, 0.5) is 5.69 Å². The second kappa shape index (κ2) is 6.59. The van der Waals surface area contributed by atoms with E-state index in [1.807, 2.05) is 30.5 Å². The zero-order chi connectivity index (χ0) is 14.5. The number of ether oxygens (including phenoxy) is 1. The molecule has 0 unspecified atom stereocenters. The minimum Gasteiger partial charge on any atom is -0.489 e. The van der Waals surface area contributed by atoms with Crippen LogP contribution in [-0.4, -0.2) is 24.1 Å². The Hall–Kier alpha value is -2.07. The summed E-state index contributed by atoms with van der Waals surface area (Å²) in [4.78, 5) is 6.46. The van der Waals surface area contributed by atoms with Gasteiger partial charge in [0.15, 0.2) is 0 Å². The van der Waals surface area contributed by atoms with Crippen molar-refractivity contribution in [1.29, 1.82) is 0 Å². The van der Waals surface area contributed by atoms with Gasteiger partial charge in [0.25, 0.3) is 0 Å². The number of aromatic nitrogens is 1. The molecule has 4 heteroatoms. The smallest absolute Gasteiger partial charge is 0.119 e. The monoisotopic (exact) mass is 283 g/mol. The topological polar surface area (TPSA) is 51.4 Å². The highest BCUT2D eigenvalue weighted by Gasteiger charge is 2.16. The molecule has 0 atom stereocenters. The molecule has 2 N–H and O–H groups in total. The average molecular weight is 283 g/mol. The lowest BCUT2D eigenvalue weighted by atomic mass is 10.1. The summed E-state index contributed by atoms with van der Waals surface area (Å²) in [6, 6.07) is 12.6. The lowest BCUT2D eigenvalue weighted by Crippen LogP contribution is -2.39. The first-order chi connectivity index (χ1) is 10.3. The molecule has 0 amide bonds. The van der Waals surface area contributed by atoms with Crippen LogP contribution in [0.15, 0.2) is 48.8 Å². The molecular weight excluding hydrogens is 262 g/mol. The van der Waals surface area contributed by atoms with Crippen molar-refractivity contribution >= 4 is 5.69 Å². The van der Waals surface area contributed by atoms with Crippen molar-refractivity contribution in [2.24, 2.45) is 5.73 Å². The Kier molecular flexibility index (Phi) is 4.36. The van der Waals surface area contributed by atoms with Gasteiger partial charge in [0, 0.05) is 42.8 Å². The summed E-state index contributed by atoms with van der Waals surface area (Å²) in [5, 5.41) is 0. The van der Waals surface area contributed by atoms with E-state index in [1.165, 1.54) is 5.69 Å². The Balaban J connectivity index is 1.57. The van der Waals surface area contributed by atoms with Crippen LogP contribution in [-0.2, 0) is 6.61 Å². The Morgan fingerprint density at radius 3 is 2.57 bits per heavy atom. The Labute approximate surface area is 125 Å². The molecule has 21 heavy (non-hydrogen) atoms. The molecule has 1 aromatic carbocycles. The highest BCUT2D eigenvalue weighted by molar-refractivity contribution is 5.49. The summed E-state index contributed by atoms with van der Waals surface area (Å²) in [6.07, 6.45) is 5.73. The summed E-state index contributed by atoms with van der Waals surface area (Å²) < 4.78 is 5.77. The largest absolute Gasteiger partial charge is 0.489 e. The third-order valence-corrected chi connectivity index (χ3v) is 3.87. The van der Waals surface area contributed by atoms with Gasteiger partial charge in [-0.25, -0.2) is 0 Å². The third kappa shape index (κ3) is 3.73. The first-order valence-electron chi connectivity index (χ1n) is 7.43. The maximum absolute atomic E-state index is 5.94. The normalized spacial score (nSPS) is 16.0. The van der Waals surface area contributed by atoms with E-state index >= 15 is 0 Å². The van der Waals surface area contributed by atoms with Gasteiger partial charge in [0.2, 0.25) is 0 Å². The molecule has 3 rings (SSSR count). The number of hydrogen-bond donors (Lipinski definition) is 1. The van der Waals surface area contributed by atoms with E-state index in [9.17, 15) is 0 Å². The van der Waals surface area contributed by atoms with Crippen molar-refractivity contribution in [3.05, 3.63) is 54.4 Å². The van der Waals surface area contributed by atoms with Crippen molar-refractivity contribution in [3.8, 4) is 5.75 Å². The van der Waals surface area contributed by atoms with E-state index in [0.29, 0.717) is 12.6 Å². The fraction of sp³-hybridized carbons (Fsp3) is 0.353. The van der Waals surface area contributed by atoms with Crippen LogP contribution >= 0.6 is 0 Å². The number of nitrogens with zero attached hydrogens (tertiary/aromatic N) is 2. The molecule has 0 saturated carbocycles. The zero-order valence-electron chi connectivity index (χ0n) is 12.1. The Morgan fingerprint density at radius 2 is 1.90 bits per heavy atom. The Bertz CT molecular complexity index is 548. The van der Waals surface area contributed by atoms with Crippen molar-refractivity contribution in [2.45, 2.75) is 25.5 Å². The molecule has 110 valence electrons. The SMILES string of the molecule is NC1CCN(c2ccc(OCc3cccnc3)cc2)CC1. The van der Waals surface area contributed by atoms with Gasteiger partial charge in [-0.2, -0.15) is 0 Å². The maximum atomic E-state index is 5.94. The third-order valence-electron chi connectivity index (χ3n) is 3.87. The van der Waals surface area contributed by atoms with E-state index in [0.717, 1.165) is 37.2 Å². The van der Waals surface area contributed by atoms with Crippen LogP contribution in [0.3, 0.4) is 0 Å². The number of piperidine rings is 1. The molecule has 0 spiro atoms. The quantitative estimate of drug-likeness (QED) is 0.937. The summed E-state index contributed by atoms with van der Waals surface area (Å²) >= 11 is 0. The van der Waals surface area contributed by atoms with E-state index in [-0.39, 0.29) is 0 Å². The van der Waals surface area contributed by atoms with Gasteiger partial charge in [-0.05, 0) is 43.2 Å². The van der Waals surface area contributed by atoms with Crippen LogP contribution in [0.2, 0.25) is 0 Å². The van der Waals surface area contributed by atoms with Crippen LogP contribution < -0.4 is 15.4 Å². The molecule has 2 heterocycles. The fourth-order valence-corrected chi connectivity index (χ4v) is 2.56. The maximum Gasteiger partial charge on any atom is 0.119 e. The molecule has 1 fully saturated rings. The number of benzene rings is 1. The number of pyridine rings is 1. The molecule has 0 bridgehead atoms. The van der Waals surface area contributed by atoms with Gasteiger partial charge in [-0.1, -0.05) is 6.07 Å². The summed E-state index contributed by atoms with van der Waals surface area (Å²) in [6.45, 7) is 2.62. The standard InChI is InChI=1S/C17H21N3O/c18-15-7-10-20(11-8-15)16-3-5-17(6-4-16)21-13-14-2-1-9-19-12-14/h1-6,9,12,15H,7-8,10-11,13,18H2. The fourth-order valence-electron chi connectivity index (χ4n) is 2.56. The van der Waals surface area contributed by atoms with E-state index in [2.05, 4.69) is 22.0 Å². The second-order valence-electron chi connectivity index (χ2n) is 5.47. The van der Waals surface area contributed by atoms with Crippen molar-refractivity contribution in [1.82, 2.24) is 4.98 Å². The predicted molar refractivity (Wildman–Crippen MR) is 84.4 cm³/mol. The van der Waals surface area contributed by atoms with Gasteiger partial charge in [0.05, 0.1) is 0 Å². The van der Waals surface area contributed by atoms with Gasteiger partial charge in [-0.15, -0.1) is 0 Å². The molecule has 1 aromatic heterocycles. The van der Waals surface area contributed by atoms with Crippen LogP contribution in [0, 0.1) is 0 Å². The van der Waals surface area contributed by atoms with Crippen LogP contribution in [0.25, 0.3) is 0 Å². The van der Waals surface area contributed by atoms with Crippen molar-refractivity contribution in [3.63, 3.8) is 0 Å². The van der Waals surface area contributed by atoms with E-state index in [4.69, 9.17) is 10.5 Å². The molecule has 0 radical (unpaired) electrons. The summed E-state index contributed by atoms with van der Waals surface area (Å²) in [5.74, 6) is 0.885. The predicted octanol–water partition coefficient (Wildman–Crippen LogP) is 2.59. The number of hydrogen-bond acceptors (Lipinski definition) is 4. The molecule has 0 aliphatic carbocycles. The van der Waals surface area contributed by atoms with Gasteiger partial charge < -0.3 is 15.4 Å². The highest BCUT2D eigenvalue weighted by atomic mass is 16.5. The minimum atomic E-state index is 0.364. The zero-order valence-corrected chi connectivity index (χ0v) is 12.1. The van der Waals surface area contributed by atoms with E-state index in [1.54, 1.807) is 6.20 Å². The van der Waals surface area contributed by atoms with Gasteiger partial charge in [0.1, 0.15) is 12.4 Å². The van der Waals surface area contributed by atoms with Gasteiger partial charge in [-0.3, -0.25) is 4.98 Å². The molecule has 1 aliphatic rings. The van der Waals surface area contributed by atoms with Crippen molar-refractivity contribution in [2.75, 3.05) is 18.0 Å². The van der Waals surface area contributed by atoms with Crippen LogP contribution in [0.1, 0.15) is 18.4 Å². The van der Waals surface area contributed by atoms with Crippen LogP contribution in [0.5, 0.6) is 5.75 Å². The first kappa shape index (κ1) is 13.9. The molecular formula is C17H21N3O. The second-order valence-corrected chi connectivity index (χ2v) is 5.47.